The number of hydrogen-bond acceptors (Lipinski definition) is 2. The molecule has 76 valence electrons. The first-order valence-electron chi connectivity index (χ1n) is 3.89. The fraction of sp³-hybridized carbons (Fsp3) is 0.222. The Bertz CT molecular complexity index is 377. The summed E-state index contributed by atoms with van der Waals surface area (Å²) in [7, 11) is 3.27. The van der Waals surface area contributed by atoms with Gasteiger partial charge < -0.3 is 10.6 Å². The smallest absolute Gasteiger partial charge is 0.255 e. The zero-order valence-corrected chi connectivity index (χ0v) is 9.36. The SMILES string of the molecule is CN(C)C(=O)c1cc(Cl)cc(Cl)c1N. The van der Waals surface area contributed by atoms with Crippen molar-refractivity contribution in [2.75, 3.05) is 19.8 Å². The van der Waals surface area contributed by atoms with Crippen molar-refractivity contribution in [2.24, 2.45) is 0 Å². The maximum Gasteiger partial charge on any atom is 0.255 e. The lowest BCUT2D eigenvalue weighted by Gasteiger charge is -2.13. The highest BCUT2D eigenvalue weighted by atomic mass is 35.5. The molecule has 1 amide bonds. The summed E-state index contributed by atoms with van der Waals surface area (Å²) in [5, 5.41) is 0.692. The average molecular weight is 233 g/mol. The Hall–Kier alpha value is -0.930. The van der Waals surface area contributed by atoms with Crippen molar-refractivity contribution in [2.45, 2.75) is 0 Å². The first-order valence-corrected chi connectivity index (χ1v) is 4.65. The Morgan fingerprint density at radius 3 is 2.43 bits per heavy atom. The third kappa shape index (κ3) is 2.11. The van der Waals surface area contributed by atoms with E-state index in [0.29, 0.717) is 15.6 Å². The number of amides is 1. The number of anilines is 1. The van der Waals surface area contributed by atoms with E-state index in [2.05, 4.69) is 0 Å². The van der Waals surface area contributed by atoms with E-state index in [-0.39, 0.29) is 11.6 Å². The molecule has 0 radical (unpaired) electrons. The fourth-order valence-corrected chi connectivity index (χ4v) is 1.50. The van der Waals surface area contributed by atoms with Gasteiger partial charge >= 0.3 is 0 Å². The van der Waals surface area contributed by atoms with E-state index in [1.165, 1.54) is 17.0 Å². The molecule has 3 nitrogen and oxygen atoms in total. The van der Waals surface area contributed by atoms with Gasteiger partial charge in [-0.2, -0.15) is 0 Å². The second-order valence-corrected chi connectivity index (χ2v) is 3.89. The molecule has 5 heteroatoms. The summed E-state index contributed by atoms with van der Waals surface area (Å²) in [6, 6.07) is 3.01. The summed E-state index contributed by atoms with van der Waals surface area (Å²) < 4.78 is 0. The lowest BCUT2D eigenvalue weighted by molar-refractivity contribution is 0.0828. The van der Waals surface area contributed by atoms with Gasteiger partial charge in [0.25, 0.3) is 5.91 Å². The second-order valence-electron chi connectivity index (χ2n) is 3.05. The number of hydrogen-bond donors (Lipinski definition) is 1. The predicted octanol–water partition coefficient (Wildman–Crippen LogP) is 2.28. The molecule has 1 aromatic carbocycles. The van der Waals surface area contributed by atoms with Crippen molar-refractivity contribution in [1.29, 1.82) is 0 Å². The first kappa shape index (κ1) is 11.1. The zero-order valence-electron chi connectivity index (χ0n) is 7.84. The number of halogens is 2. The van der Waals surface area contributed by atoms with Gasteiger partial charge in [-0.3, -0.25) is 4.79 Å². The van der Waals surface area contributed by atoms with Crippen LogP contribution < -0.4 is 5.73 Å². The summed E-state index contributed by atoms with van der Waals surface area (Å²) in [6.07, 6.45) is 0. The monoisotopic (exact) mass is 232 g/mol. The molecule has 0 saturated heterocycles. The minimum Gasteiger partial charge on any atom is -0.397 e. The lowest BCUT2D eigenvalue weighted by Crippen LogP contribution is -2.22. The van der Waals surface area contributed by atoms with E-state index in [1.807, 2.05) is 0 Å². The van der Waals surface area contributed by atoms with Crippen molar-refractivity contribution in [3.05, 3.63) is 27.7 Å². The van der Waals surface area contributed by atoms with Crippen molar-refractivity contribution >= 4 is 34.8 Å². The van der Waals surface area contributed by atoms with Crippen molar-refractivity contribution in [1.82, 2.24) is 4.90 Å². The molecule has 0 fully saturated rings. The van der Waals surface area contributed by atoms with Gasteiger partial charge in [0.2, 0.25) is 0 Å². The normalized spacial score (nSPS) is 10.0. The van der Waals surface area contributed by atoms with E-state index in [0.717, 1.165) is 0 Å². The average Bonchev–Trinajstić information content (AvgIpc) is 2.09. The predicted molar refractivity (Wildman–Crippen MR) is 58.9 cm³/mol. The number of nitrogens with zero attached hydrogens (tertiary/aromatic N) is 1. The van der Waals surface area contributed by atoms with E-state index < -0.39 is 0 Å². The molecule has 0 spiro atoms. The zero-order chi connectivity index (χ0) is 10.9. The highest BCUT2D eigenvalue weighted by Crippen LogP contribution is 2.27. The minimum absolute atomic E-state index is 0.216. The Balaban J connectivity index is 3.27. The molecule has 0 aromatic heterocycles. The Morgan fingerprint density at radius 1 is 1.36 bits per heavy atom. The van der Waals surface area contributed by atoms with E-state index in [4.69, 9.17) is 28.9 Å². The molecule has 0 aliphatic heterocycles. The van der Waals surface area contributed by atoms with Gasteiger partial charge in [-0.1, -0.05) is 23.2 Å². The molecule has 0 bridgehead atoms. The number of benzene rings is 1. The number of nitrogens with two attached hydrogens (primary N) is 1. The van der Waals surface area contributed by atoms with Gasteiger partial charge in [0.15, 0.2) is 0 Å². The van der Waals surface area contributed by atoms with Crippen LogP contribution in [0.25, 0.3) is 0 Å². The largest absolute Gasteiger partial charge is 0.397 e. The second kappa shape index (κ2) is 4.07. The molecular weight excluding hydrogens is 223 g/mol. The topological polar surface area (TPSA) is 46.3 Å². The van der Waals surface area contributed by atoms with Crippen LogP contribution in [0.2, 0.25) is 10.0 Å². The van der Waals surface area contributed by atoms with Crippen LogP contribution in [-0.2, 0) is 0 Å². The fourth-order valence-electron chi connectivity index (χ4n) is 1.00. The van der Waals surface area contributed by atoms with Crippen LogP contribution in [0, 0.1) is 0 Å². The first-order chi connectivity index (χ1) is 6.43. The van der Waals surface area contributed by atoms with Crippen LogP contribution >= 0.6 is 23.2 Å². The van der Waals surface area contributed by atoms with Gasteiger partial charge in [0.05, 0.1) is 16.3 Å². The summed E-state index contributed by atoms with van der Waals surface area (Å²) >= 11 is 11.5. The number of carbonyl (C=O) groups excluding carboxylic acids is 1. The number of rotatable bonds is 1. The third-order valence-electron chi connectivity index (χ3n) is 1.73. The Kier molecular flexibility index (Phi) is 3.24. The molecule has 0 aliphatic rings. The van der Waals surface area contributed by atoms with Crippen molar-refractivity contribution < 1.29 is 4.79 Å². The molecule has 0 aliphatic carbocycles. The maximum atomic E-state index is 11.6. The van der Waals surface area contributed by atoms with Crippen LogP contribution in [0.3, 0.4) is 0 Å². The van der Waals surface area contributed by atoms with Gasteiger partial charge in [-0.25, -0.2) is 0 Å². The van der Waals surface area contributed by atoms with Gasteiger partial charge in [0, 0.05) is 19.1 Å². The minimum atomic E-state index is -0.216. The number of carbonyl (C=O) groups is 1. The highest BCUT2D eigenvalue weighted by molar-refractivity contribution is 6.37. The van der Waals surface area contributed by atoms with Crippen LogP contribution in [0.1, 0.15) is 10.4 Å². The lowest BCUT2D eigenvalue weighted by atomic mass is 10.1. The molecule has 0 atom stereocenters. The van der Waals surface area contributed by atoms with Crippen LogP contribution in [0.15, 0.2) is 12.1 Å². The molecular formula is C9H10Cl2N2O. The molecule has 0 unspecified atom stereocenters. The molecule has 1 rings (SSSR count). The molecule has 0 saturated carbocycles. The standard InChI is InChI=1S/C9H10Cl2N2O/c1-13(2)9(14)6-3-5(10)4-7(11)8(6)12/h3-4H,12H2,1-2H3. The summed E-state index contributed by atoms with van der Waals surface area (Å²) in [4.78, 5) is 13.0. The Morgan fingerprint density at radius 2 is 1.93 bits per heavy atom. The summed E-state index contributed by atoms with van der Waals surface area (Å²) in [6.45, 7) is 0. The van der Waals surface area contributed by atoms with Crippen molar-refractivity contribution in [3.63, 3.8) is 0 Å². The van der Waals surface area contributed by atoms with Crippen LogP contribution in [0.4, 0.5) is 5.69 Å². The van der Waals surface area contributed by atoms with Crippen molar-refractivity contribution in [3.8, 4) is 0 Å². The highest BCUT2D eigenvalue weighted by Gasteiger charge is 2.14. The Labute approximate surface area is 92.4 Å². The third-order valence-corrected chi connectivity index (χ3v) is 2.26. The van der Waals surface area contributed by atoms with Crippen LogP contribution in [0.5, 0.6) is 0 Å². The molecule has 2 N–H and O–H groups in total. The molecule has 14 heavy (non-hydrogen) atoms. The quantitative estimate of drug-likeness (QED) is 0.756. The maximum absolute atomic E-state index is 11.6. The van der Waals surface area contributed by atoms with E-state index >= 15 is 0 Å². The molecule has 0 heterocycles. The van der Waals surface area contributed by atoms with Gasteiger partial charge in [0.1, 0.15) is 0 Å². The summed E-state index contributed by atoms with van der Waals surface area (Å²) in [5.74, 6) is -0.216. The van der Waals surface area contributed by atoms with Gasteiger partial charge in [-0.05, 0) is 12.1 Å². The van der Waals surface area contributed by atoms with E-state index in [9.17, 15) is 4.79 Å². The van der Waals surface area contributed by atoms with Gasteiger partial charge in [-0.15, -0.1) is 0 Å². The van der Waals surface area contributed by atoms with Crippen LogP contribution in [-0.4, -0.2) is 24.9 Å². The molecule has 1 aromatic rings. The summed E-state index contributed by atoms with van der Waals surface area (Å²) in [5.41, 5.74) is 6.24. The van der Waals surface area contributed by atoms with E-state index in [1.54, 1.807) is 14.1 Å². The number of nitrogen functional groups attached to an aromatic ring is 1.